The van der Waals surface area contributed by atoms with Gasteiger partial charge in [0.15, 0.2) is 5.82 Å². The van der Waals surface area contributed by atoms with Gasteiger partial charge in [-0.05, 0) is 43.7 Å². The summed E-state index contributed by atoms with van der Waals surface area (Å²) in [5.74, 6) is 0.589. The highest BCUT2D eigenvalue weighted by Crippen LogP contribution is 2.38. The van der Waals surface area contributed by atoms with E-state index in [9.17, 15) is 9.59 Å². The van der Waals surface area contributed by atoms with Crippen LogP contribution in [-0.2, 0) is 20.8 Å². The molecule has 1 aromatic heterocycles. The summed E-state index contributed by atoms with van der Waals surface area (Å²) in [4.78, 5) is 24.1. The van der Waals surface area contributed by atoms with E-state index >= 15 is 0 Å². The number of amides is 2. The van der Waals surface area contributed by atoms with Crippen molar-refractivity contribution in [2.75, 3.05) is 11.9 Å². The van der Waals surface area contributed by atoms with Crippen LogP contribution in [0.5, 0.6) is 0 Å². The lowest BCUT2D eigenvalue weighted by Crippen LogP contribution is -2.36. The van der Waals surface area contributed by atoms with Crippen LogP contribution < -0.4 is 10.6 Å². The Kier molecular flexibility index (Phi) is 5.80. The van der Waals surface area contributed by atoms with Crippen LogP contribution in [0.3, 0.4) is 0 Å². The minimum absolute atomic E-state index is 0.106. The van der Waals surface area contributed by atoms with E-state index in [1.165, 1.54) is 0 Å². The monoisotopic (exact) mass is 398 g/mol. The zero-order valence-corrected chi connectivity index (χ0v) is 16.4. The van der Waals surface area contributed by atoms with Crippen LogP contribution in [0.15, 0.2) is 30.3 Å². The van der Waals surface area contributed by atoms with Gasteiger partial charge in [0, 0.05) is 30.8 Å². The molecule has 1 atom stereocenters. The van der Waals surface area contributed by atoms with Gasteiger partial charge in [-0.1, -0.05) is 24.3 Å². The number of hydrogen-bond donors (Lipinski definition) is 3. The van der Waals surface area contributed by atoms with E-state index in [-0.39, 0.29) is 24.0 Å². The van der Waals surface area contributed by atoms with Crippen LogP contribution in [0.25, 0.3) is 0 Å². The topological polar surface area (TPSA) is 105 Å². The first-order chi connectivity index (χ1) is 14.1. The smallest absolute Gasteiger partial charge is 0.407 e. The molecule has 1 saturated carbocycles. The van der Waals surface area contributed by atoms with Crippen molar-refractivity contribution in [2.24, 2.45) is 0 Å². The molecule has 0 radical (unpaired) electrons. The standard InChI is InChI=1S/C21H26N4O4/c1-13-5-2-3-6-14(13)12-22-21(27)29-16-9-15(10-16)17-11-19(25-24-17)23-20(26)18-7-4-8-28-18/h2-3,5-6,11,15-16,18H,4,7-10,12H2,1H3,(H,22,27)(H2,23,24,25,26). The van der Waals surface area contributed by atoms with Crippen LogP contribution in [0.2, 0.25) is 0 Å². The van der Waals surface area contributed by atoms with Gasteiger partial charge >= 0.3 is 6.09 Å². The average molecular weight is 398 g/mol. The Balaban J connectivity index is 1.19. The maximum atomic E-state index is 12.1. The largest absolute Gasteiger partial charge is 0.446 e. The maximum absolute atomic E-state index is 12.1. The van der Waals surface area contributed by atoms with Crippen LogP contribution >= 0.6 is 0 Å². The van der Waals surface area contributed by atoms with Gasteiger partial charge < -0.3 is 20.1 Å². The number of alkyl carbamates (subject to hydrolysis) is 1. The number of carbonyl (C=O) groups is 2. The second-order valence-corrected chi connectivity index (χ2v) is 7.68. The third kappa shape index (κ3) is 4.76. The van der Waals surface area contributed by atoms with E-state index in [1.807, 2.05) is 37.3 Å². The number of carbonyl (C=O) groups excluding carboxylic acids is 2. The summed E-state index contributed by atoms with van der Waals surface area (Å²) in [6.07, 6.45) is 2.24. The summed E-state index contributed by atoms with van der Waals surface area (Å²) >= 11 is 0. The summed E-state index contributed by atoms with van der Waals surface area (Å²) < 4.78 is 10.8. The molecule has 29 heavy (non-hydrogen) atoms. The van der Waals surface area contributed by atoms with Crippen molar-refractivity contribution in [1.82, 2.24) is 15.5 Å². The Bertz CT molecular complexity index is 869. The number of ether oxygens (including phenoxy) is 2. The van der Waals surface area contributed by atoms with E-state index in [0.717, 1.165) is 42.5 Å². The number of nitrogens with one attached hydrogen (secondary N) is 3. The molecule has 3 N–H and O–H groups in total. The lowest BCUT2D eigenvalue weighted by molar-refractivity contribution is -0.124. The highest BCUT2D eigenvalue weighted by molar-refractivity contribution is 5.93. The Morgan fingerprint density at radius 3 is 2.90 bits per heavy atom. The van der Waals surface area contributed by atoms with E-state index in [4.69, 9.17) is 9.47 Å². The Hall–Kier alpha value is -2.87. The maximum Gasteiger partial charge on any atom is 0.407 e. The van der Waals surface area contributed by atoms with Gasteiger partial charge in [0.1, 0.15) is 12.2 Å². The number of hydrogen-bond acceptors (Lipinski definition) is 5. The molecule has 154 valence electrons. The van der Waals surface area contributed by atoms with Gasteiger partial charge in [-0.15, -0.1) is 0 Å². The van der Waals surface area contributed by atoms with E-state index in [1.54, 1.807) is 0 Å². The van der Waals surface area contributed by atoms with Gasteiger partial charge in [0.2, 0.25) is 0 Å². The Labute approximate surface area is 169 Å². The predicted molar refractivity (Wildman–Crippen MR) is 106 cm³/mol. The quantitative estimate of drug-likeness (QED) is 0.694. The molecule has 1 aromatic carbocycles. The lowest BCUT2D eigenvalue weighted by atomic mass is 9.80. The first kappa shape index (κ1) is 19.4. The zero-order chi connectivity index (χ0) is 20.2. The highest BCUT2D eigenvalue weighted by atomic mass is 16.6. The van der Waals surface area contributed by atoms with Gasteiger partial charge in [0.05, 0.1) is 0 Å². The summed E-state index contributed by atoms with van der Waals surface area (Å²) in [6.45, 7) is 3.10. The van der Waals surface area contributed by atoms with Crippen molar-refractivity contribution in [3.05, 3.63) is 47.2 Å². The number of rotatable bonds is 6. The van der Waals surface area contributed by atoms with Crippen molar-refractivity contribution < 1.29 is 19.1 Å². The normalized spacial score (nSPS) is 23.3. The molecule has 1 unspecified atom stereocenters. The van der Waals surface area contributed by atoms with Crippen LogP contribution in [-0.4, -0.2) is 41.0 Å². The number of H-pyrrole nitrogens is 1. The molecule has 2 aliphatic rings. The molecule has 4 rings (SSSR count). The molecule has 8 heteroatoms. The molecular formula is C21H26N4O4. The van der Waals surface area contributed by atoms with Gasteiger partial charge in [0.25, 0.3) is 5.91 Å². The summed E-state index contributed by atoms with van der Waals surface area (Å²) in [5.41, 5.74) is 3.15. The van der Waals surface area contributed by atoms with Crippen molar-refractivity contribution in [1.29, 1.82) is 0 Å². The van der Waals surface area contributed by atoms with Crippen LogP contribution in [0.1, 0.15) is 48.4 Å². The van der Waals surface area contributed by atoms with Crippen LogP contribution in [0, 0.1) is 6.92 Å². The Morgan fingerprint density at radius 2 is 2.14 bits per heavy atom. The molecule has 1 aliphatic carbocycles. The first-order valence-electron chi connectivity index (χ1n) is 10.1. The summed E-state index contributed by atoms with van der Waals surface area (Å²) in [6, 6.07) is 9.77. The third-order valence-corrected chi connectivity index (χ3v) is 5.56. The fourth-order valence-corrected chi connectivity index (χ4v) is 3.69. The number of nitrogens with zero attached hydrogens (tertiary/aromatic N) is 1. The van der Waals surface area contributed by atoms with Crippen molar-refractivity contribution >= 4 is 17.8 Å². The fourth-order valence-electron chi connectivity index (χ4n) is 3.69. The van der Waals surface area contributed by atoms with Crippen molar-refractivity contribution in [2.45, 2.75) is 57.3 Å². The number of aryl methyl sites for hydroxylation is 1. The number of anilines is 1. The molecule has 2 fully saturated rings. The third-order valence-electron chi connectivity index (χ3n) is 5.56. The lowest BCUT2D eigenvalue weighted by Gasteiger charge is -2.33. The predicted octanol–water partition coefficient (Wildman–Crippen LogP) is 3.01. The van der Waals surface area contributed by atoms with Crippen molar-refractivity contribution in [3.63, 3.8) is 0 Å². The molecule has 1 aliphatic heterocycles. The molecule has 2 aromatic rings. The van der Waals surface area contributed by atoms with Gasteiger partial charge in [-0.2, -0.15) is 5.10 Å². The van der Waals surface area contributed by atoms with Crippen molar-refractivity contribution in [3.8, 4) is 0 Å². The second kappa shape index (κ2) is 8.65. The number of benzene rings is 1. The molecule has 0 spiro atoms. The van der Waals surface area contributed by atoms with Gasteiger partial charge in [-0.25, -0.2) is 4.79 Å². The van der Waals surface area contributed by atoms with Crippen LogP contribution in [0.4, 0.5) is 10.6 Å². The molecule has 2 amide bonds. The molecular weight excluding hydrogens is 372 g/mol. The van der Waals surface area contributed by atoms with E-state index in [2.05, 4.69) is 20.8 Å². The first-order valence-corrected chi connectivity index (χ1v) is 10.1. The fraction of sp³-hybridized carbons (Fsp3) is 0.476. The van der Waals surface area contributed by atoms with Gasteiger partial charge in [-0.3, -0.25) is 9.89 Å². The van der Waals surface area contributed by atoms with E-state index in [0.29, 0.717) is 19.0 Å². The SMILES string of the molecule is Cc1ccccc1CNC(=O)OC1CC(c2cc(NC(=O)C3CCCO3)n[nH]2)C1. The highest BCUT2D eigenvalue weighted by Gasteiger charge is 2.34. The summed E-state index contributed by atoms with van der Waals surface area (Å²) in [7, 11) is 0. The zero-order valence-electron chi connectivity index (χ0n) is 16.4. The number of aromatic nitrogens is 2. The second-order valence-electron chi connectivity index (χ2n) is 7.68. The van der Waals surface area contributed by atoms with E-state index < -0.39 is 6.09 Å². The molecule has 1 saturated heterocycles. The molecule has 8 nitrogen and oxygen atoms in total. The molecule has 0 bridgehead atoms. The minimum Gasteiger partial charge on any atom is -0.446 e. The summed E-state index contributed by atoms with van der Waals surface area (Å²) in [5, 5.41) is 12.7. The number of aromatic amines is 1. The average Bonchev–Trinajstić information content (AvgIpc) is 3.36. The minimum atomic E-state index is -0.397. The molecule has 2 heterocycles. The Morgan fingerprint density at radius 1 is 1.31 bits per heavy atom.